The van der Waals surface area contributed by atoms with Gasteiger partial charge in [-0.15, -0.1) is 0 Å². The van der Waals surface area contributed by atoms with Gasteiger partial charge in [-0.1, -0.05) is 30.3 Å². The zero-order valence-corrected chi connectivity index (χ0v) is 13.0. The standard InChI is InChI=1S/C17H14BrFN2/c18-16-13(10-20)6-7-15(17(16)19)21-9-8-14(11-21)12-4-2-1-3-5-12/h1-7,14H,8-9,11H2. The third kappa shape index (κ3) is 2.66. The van der Waals surface area contributed by atoms with E-state index in [-0.39, 0.29) is 10.3 Å². The molecule has 106 valence electrons. The minimum absolute atomic E-state index is 0.255. The van der Waals surface area contributed by atoms with Crippen LogP contribution < -0.4 is 4.90 Å². The van der Waals surface area contributed by atoms with E-state index in [0.717, 1.165) is 19.5 Å². The lowest BCUT2D eigenvalue weighted by atomic mass is 9.99. The van der Waals surface area contributed by atoms with Crippen LogP contribution >= 0.6 is 15.9 Å². The van der Waals surface area contributed by atoms with Crippen molar-refractivity contribution in [2.45, 2.75) is 12.3 Å². The van der Waals surface area contributed by atoms with E-state index in [1.54, 1.807) is 12.1 Å². The van der Waals surface area contributed by atoms with E-state index in [1.165, 1.54) is 5.56 Å². The fourth-order valence-corrected chi connectivity index (χ4v) is 3.27. The number of nitrogens with zero attached hydrogens (tertiary/aromatic N) is 2. The van der Waals surface area contributed by atoms with Gasteiger partial charge in [-0.05, 0) is 40.0 Å². The van der Waals surface area contributed by atoms with Crippen molar-refractivity contribution in [1.29, 1.82) is 5.26 Å². The molecular formula is C17H14BrFN2. The molecule has 1 aliphatic rings. The maximum atomic E-state index is 14.4. The molecule has 2 nitrogen and oxygen atoms in total. The summed E-state index contributed by atoms with van der Waals surface area (Å²) in [6.45, 7) is 1.63. The normalized spacial score (nSPS) is 17.8. The molecule has 2 aromatic rings. The third-order valence-corrected chi connectivity index (χ3v) is 4.76. The zero-order chi connectivity index (χ0) is 14.8. The molecule has 4 heteroatoms. The highest BCUT2D eigenvalue weighted by molar-refractivity contribution is 9.10. The number of nitriles is 1. The first-order valence-electron chi connectivity index (χ1n) is 6.88. The summed E-state index contributed by atoms with van der Waals surface area (Å²) in [7, 11) is 0. The molecule has 0 amide bonds. The monoisotopic (exact) mass is 344 g/mol. The minimum Gasteiger partial charge on any atom is -0.369 e. The maximum absolute atomic E-state index is 14.4. The van der Waals surface area contributed by atoms with Gasteiger partial charge in [0.2, 0.25) is 0 Å². The molecule has 1 unspecified atom stereocenters. The van der Waals surface area contributed by atoms with E-state index in [9.17, 15) is 4.39 Å². The Bertz CT molecular complexity index is 694. The van der Waals surface area contributed by atoms with Gasteiger partial charge in [0.05, 0.1) is 15.7 Å². The molecule has 1 fully saturated rings. The van der Waals surface area contributed by atoms with Crippen LogP contribution in [0.5, 0.6) is 0 Å². The van der Waals surface area contributed by atoms with Crippen LogP contribution in [0, 0.1) is 17.1 Å². The average molecular weight is 345 g/mol. The molecule has 0 saturated carbocycles. The fraction of sp³-hybridized carbons (Fsp3) is 0.235. The molecule has 0 aromatic heterocycles. The molecule has 0 N–H and O–H groups in total. The molecule has 1 aliphatic heterocycles. The predicted octanol–water partition coefficient (Wildman–Crippen LogP) is 4.45. The number of anilines is 1. The number of halogens is 2. The number of hydrogen-bond donors (Lipinski definition) is 0. The summed E-state index contributed by atoms with van der Waals surface area (Å²) < 4.78 is 14.6. The van der Waals surface area contributed by atoms with Crippen LogP contribution in [0.4, 0.5) is 10.1 Å². The molecule has 1 atom stereocenters. The van der Waals surface area contributed by atoms with Crippen molar-refractivity contribution in [3.63, 3.8) is 0 Å². The van der Waals surface area contributed by atoms with Crippen molar-refractivity contribution in [2.24, 2.45) is 0 Å². The van der Waals surface area contributed by atoms with Gasteiger partial charge in [0.15, 0.2) is 5.82 Å². The molecule has 1 heterocycles. The Morgan fingerprint density at radius 1 is 1.19 bits per heavy atom. The molecule has 3 rings (SSSR count). The van der Waals surface area contributed by atoms with Gasteiger partial charge in [-0.3, -0.25) is 0 Å². The third-order valence-electron chi connectivity index (χ3n) is 3.98. The van der Waals surface area contributed by atoms with Crippen molar-refractivity contribution in [3.05, 3.63) is 63.9 Å². The lowest BCUT2D eigenvalue weighted by molar-refractivity contribution is 0.615. The molecule has 1 saturated heterocycles. The summed E-state index contributed by atoms with van der Waals surface area (Å²) in [6.07, 6.45) is 1.01. The second-order valence-electron chi connectivity index (χ2n) is 5.21. The van der Waals surface area contributed by atoms with Crippen LogP contribution in [0.25, 0.3) is 0 Å². The van der Waals surface area contributed by atoms with Crippen molar-refractivity contribution in [2.75, 3.05) is 18.0 Å². The van der Waals surface area contributed by atoms with E-state index >= 15 is 0 Å². The van der Waals surface area contributed by atoms with Crippen molar-refractivity contribution in [3.8, 4) is 6.07 Å². The van der Waals surface area contributed by atoms with Crippen molar-refractivity contribution in [1.82, 2.24) is 0 Å². The molecule has 21 heavy (non-hydrogen) atoms. The second-order valence-corrected chi connectivity index (χ2v) is 6.01. The maximum Gasteiger partial charge on any atom is 0.161 e. The number of hydrogen-bond acceptors (Lipinski definition) is 2. The second kappa shape index (κ2) is 5.87. The van der Waals surface area contributed by atoms with Crippen molar-refractivity contribution >= 4 is 21.6 Å². The molecule has 0 bridgehead atoms. The quantitative estimate of drug-likeness (QED) is 0.804. The molecular weight excluding hydrogens is 331 g/mol. The smallest absolute Gasteiger partial charge is 0.161 e. The SMILES string of the molecule is N#Cc1ccc(N2CCC(c3ccccc3)C2)c(F)c1Br. The largest absolute Gasteiger partial charge is 0.369 e. The van der Waals surface area contributed by atoms with E-state index in [1.807, 2.05) is 24.3 Å². The Morgan fingerprint density at radius 3 is 2.67 bits per heavy atom. The van der Waals surface area contributed by atoms with Crippen LogP contribution in [0.3, 0.4) is 0 Å². The highest BCUT2D eigenvalue weighted by Crippen LogP contribution is 2.35. The van der Waals surface area contributed by atoms with Gasteiger partial charge >= 0.3 is 0 Å². The Labute approximate surface area is 131 Å². The van der Waals surface area contributed by atoms with Gasteiger partial charge in [-0.25, -0.2) is 4.39 Å². The first kappa shape index (κ1) is 14.1. The van der Waals surface area contributed by atoms with Gasteiger partial charge in [0, 0.05) is 19.0 Å². The van der Waals surface area contributed by atoms with E-state index in [0.29, 0.717) is 17.2 Å². The molecule has 0 radical (unpaired) electrons. The summed E-state index contributed by atoms with van der Waals surface area (Å²) >= 11 is 3.17. The highest BCUT2D eigenvalue weighted by atomic mass is 79.9. The summed E-state index contributed by atoms with van der Waals surface area (Å²) in [4.78, 5) is 2.05. The Balaban J connectivity index is 1.84. The Hall–Kier alpha value is -1.86. The summed E-state index contributed by atoms with van der Waals surface area (Å²) in [6, 6.07) is 15.7. The summed E-state index contributed by atoms with van der Waals surface area (Å²) in [5.41, 5.74) is 2.20. The zero-order valence-electron chi connectivity index (χ0n) is 11.4. The van der Waals surface area contributed by atoms with Gasteiger partial charge in [0.25, 0.3) is 0 Å². The topological polar surface area (TPSA) is 27.0 Å². The fourth-order valence-electron chi connectivity index (χ4n) is 2.85. The number of rotatable bonds is 2. The van der Waals surface area contributed by atoms with Gasteiger partial charge in [0.1, 0.15) is 6.07 Å². The van der Waals surface area contributed by atoms with Crippen molar-refractivity contribution < 1.29 is 4.39 Å². The molecule has 0 aliphatic carbocycles. The first-order chi connectivity index (χ1) is 10.2. The number of benzene rings is 2. The lowest BCUT2D eigenvalue weighted by Gasteiger charge is -2.20. The van der Waals surface area contributed by atoms with Crippen LogP contribution in [-0.2, 0) is 0 Å². The van der Waals surface area contributed by atoms with E-state index < -0.39 is 0 Å². The minimum atomic E-state index is -0.345. The summed E-state index contributed by atoms with van der Waals surface area (Å²) in [5, 5.41) is 8.93. The average Bonchev–Trinajstić information content (AvgIpc) is 3.00. The molecule has 2 aromatic carbocycles. The van der Waals surface area contributed by atoms with Gasteiger partial charge in [-0.2, -0.15) is 5.26 Å². The Morgan fingerprint density at radius 2 is 1.95 bits per heavy atom. The first-order valence-corrected chi connectivity index (χ1v) is 7.68. The van der Waals surface area contributed by atoms with Gasteiger partial charge < -0.3 is 4.90 Å². The van der Waals surface area contributed by atoms with Crippen LogP contribution in [0.1, 0.15) is 23.5 Å². The Kier molecular flexibility index (Phi) is 3.94. The molecule has 0 spiro atoms. The van der Waals surface area contributed by atoms with E-state index in [2.05, 4.69) is 33.0 Å². The van der Waals surface area contributed by atoms with Crippen LogP contribution in [0.2, 0.25) is 0 Å². The van der Waals surface area contributed by atoms with Crippen LogP contribution in [0.15, 0.2) is 46.9 Å². The van der Waals surface area contributed by atoms with Crippen LogP contribution in [-0.4, -0.2) is 13.1 Å². The summed E-state index contributed by atoms with van der Waals surface area (Å²) in [5.74, 6) is 0.0859. The predicted molar refractivity (Wildman–Crippen MR) is 84.8 cm³/mol. The van der Waals surface area contributed by atoms with E-state index in [4.69, 9.17) is 5.26 Å². The highest BCUT2D eigenvalue weighted by Gasteiger charge is 2.26. The lowest BCUT2D eigenvalue weighted by Crippen LogP contribution is -2.20.